The minimum absolute atomic E-state index is 0.0209. The number of aliphatic hydroxyl groups is 2. The number of hydrogen-bond acceptors (Lipinski definition) is 2. The monoisotopic (exact) mass is 458 g/mol. The molecule has 3 saturated carbocycles. The molecule has 0 bridgehead atoms. The van der Waals surface area contributed by atoms with E-state index in [9.17, 15) is 10.2 Å². The molecule has 0 spiro atoms. The number of hydrogen-bond donors (Lipinski definition) is 2. The number of fused-ring (bicyclic) bond motifs is 5. The summed E-state index contributed by atoms with van der Waals surface area (Å²) >= 11 is 0. The molecule has 2 nitrogen and oxygen atoms in total. The Labute approximate surface area is 205 Å². The quantitative estimate of drug-likeness (QED) is 0.363. The predicted molar refractivity (Wildman–Crippen MR) is 139 cm³/mol. The first kappa shape index (κ1) is 25.7. The molecule has 0 amide bonds. The summed E-state index contributed by atoms with van der Waals surface area (Å²) in [5, 5.41) is 22.4. The minimum atomic E-state index is -0.185. The van der Waals surface area contributed by atoms with Crippen LogP contribution in [-0.4, -0.2) is 22.4 Å². The summed E-state index contributed by atoms with van der Waals surface area (Å²) in [5.41, 5.74) is 2.18. The zero-order valence-corrected chi connectivity index (χ0v) is 22.7. The average Bonchev–Trinajstić information content (AvgIpc) is 3.00. The second-order valence-corrected chi connectivity index (χ2v) is 13.8. The van der Waals surface area contributed by atoms with E-state index in [0.29, 0.717) is 29.1 Å². The molecule has 0 radical (unpaired) electrons. The number of allylic oxidation sites excluding steroid dienone is 1. The molecular weight excluding hydrogens is 404 g/mol. The molecule has 0 aromatic rings. The first-order valence-corrected chi connectivity index (χ1v) is 14.7. The summed E-state index contributed by atoms with van der Waals surface area (Å²) in [4.78, 5) is 0. The number of unbranched alkanes of at least 4 members (excludes halogenated alkanes) is 1. The Bertz CT molecular complexity index is 712. The normalized spacial score (nSPS) is 45.8. The maximum Gasteiger partial charge on any atom is 0.0641 e. The molecule has 4 aliphatic rings. The molecule has 4 rings (SSSR count). The van der Waals surface area contributed by atoms with Gasteiger partial charge in [-0.3, -0.25) is 0 Å². The molecule has 190 valence electrons. The van der Waals surface area contributed by atoms with Gasteiger partial charge in [0.1, 0.15) is 0 Å². The summed E-state index contributed by atoms with van der Waals surface area (Å²) in [6.07, 6.45) is 17.7. The molecule has 0 saturated heterocycles. The van der Waals surface area contributed by atoms with Crippen molar-refractivity contribution in [2.45, 2.75) is 137 Å². The van der Waals surface area contributed by atoms with E-state index in [4.69, 9.17) is 0 Å². The lowest BCUT2D eigenvalue weighted by atomic mass is 9.42. The first-order valence-electron chi connectivity index (χ1n) is 14.7. The Kier molecular flexibility index (Phi) is 7.49. The fourth-order valence-corrected chi connectivity index (χ4v) is 9.72. The second kappa shape index (κ2) is 9.61. The number of aliphatic hydroxyl groups excluding tert-OH is 2. The third kappa shape index (κ3) is 4.08. The SMILES string of the molecule is CCCC[C@]12C3=CC[C@H]4C[C@@H](O)CC[C@]4(C)[C@H]3CC[C@]1(C)[C@@H]([C@H](C)CCCC(C)C)C[C@H]2O. The maximum atomic E-state index is 12.0. The van der Waals surface area contributed by atoms with Gasteiger partial charge < -0.3 is 10.2 Å². The lowest BCUT2D eigenvalue weighted by Crippen LogP contribution is -2.56. The molecule has 0 unspecified atom stereocenters. The summed E-state index contributed by atoms with van der Waals surface area (Å²) in [6.45, 7) is 14.6. The van der Waals surface area contributed by atoms with Crippen LogP contribution in [0.15, 0.2) is 11.6 Å². The molecule has 3 fully saturated rings. The molecule has 4 aliphatic carbocycles. The lowest BCUT2D eigenvalue weighted by molar-refractivity contribution is -0.0933. The highest BCUT2D eigenvalue weighted by Gasteiger charge is 2.68. The minimum Gasteiger partial charge on any atom is -0.393 e. The van der Waals surface area contributed by atoms with Gasteiger partial charge in [-0.25, -0.2) is 0 Å². The Hall–Kier alpha value is -0.340. The van der Waals surface area contributed by atoms with Crippen LogP contribution in [0.4, 0.5) is 0 Å². The van der Waals surface area contributed by atoms with E-state index in [1.165, 1.54) is 51.4 Å². The predicted octanol–water partition coefficient (Wildman–Crippen LogP) is 7.92. The van der Waals surface area contributed by atoms with E-state index in [2.05, 4.69) is 47.6 Å². The highest BCUT2D eigenvalue weighted by Crippen LogP contribution is 2.73. The summed E-state index contributed by atoms with van der Waals surface area (Å²) < 4.78 is 0. The van der Waals surface area contributed by atoms with E-state index >= 15 is 0 Å². The van der Waals surface area contributed by atoms with Crippen molar-refractivity contribution in [1.29, 1.82) is 0 Å². The molecule has 2 N–H and O–H groups in total. The molecule has 33 heavy (non-hydrogen) atoms. The highest BCUT2D eigenvalue weighted by atomic mass is 16.3. The van der Waals surface area contributed by atoms with Crippen molar-refractivity contribution in [3.05, 3.63) is 11.6 Å². The van der Waals surface area contributed by atoms with Crippen LogP contribution in [0.3, 0.4) is 0 Å². The molecule has 0 aromatic heterocycles. The van der Waals surface area contributed by atoms with Crippen LogP contribution in [0.2, 0.25) is 0 Å². The van der Waals surface area contributed by atoms with Crippen molar-refractivity contribution in [2.75, 3.05) is 0 Å². The number of rotatable bonds is 8. The van der Waals surface area contributed by atoms with E-state index in [-0.39, 0.29) is 23.0 Å². The zero-order chi connectivity index (χ0) is 24.0. The molecule has 0 heterocycles. The molecule has 0 aromatic carbocycles. The topological polar surface area (TPSA) is 40.5 Å². The van der Waals surface area contributed by atoms with Crippen molar-refractivity contribution in [3.63, 3.8) is 0 Å². The van der Waals surface area contributed by atoms with Gasteiger partial charge in [-0.1, -0.05) is 85.3 Å². The van der Waals surface area contributed by atoms with Crippen LogP contribution in [0.25, 0.3) is 0 Å². The Morgan fingerprint density at radius 1 is 1.00 bits per heavy atom. The van der Waals surface area contributed by atoms with Crippen molar-refractivity contribution in [2.24, 2.45) is 45.8 Å². The molecular formula is C31H54O2. The van der Waals surface area contributed by atoms with Gasteiger partial charge in [0.25, 0.3) is 0 Å². The average molecular weight is 459 g/mol. The van der Waals surface area contributed by atoms with Gasteiger partial charge in [0, 0.05) is 5.41 Å². The van der Waals surface area contributed by atoms with Gasteiger partial charge >= 0.3 is 0 Å². The standard InChI is InChI=1S/C31H54O2/c1-7-8-16-31-26-13-12-23-19-24(32)14-17-29(23,5)25(26)15-18-30(31,6)27(20-28(31)33)22(4)11-9-10-21(2)3/h13,21-25,27-28,32-33H,7-12,14-20H2,1-6H3/t22-,23+,24+,25+,27-,28-,29+,30-,31-/m1/s1. The van der Waals surface area contributed by atoms with Crippen LogP contribution >= 0.6 is 0 Å². The van der Waals surface area contributed by atoms with E-state index in [1.807, 2.05) is 0 Å². The van der Waals surface area contributed by atoms with E-state index in [1.54, 1.807) is 5.57 Å². The third-order valence-electron chi connectivity index (χ3n) is 11.7. The smallest absolute Gasteiger partial charge is 0.0641 e. The molecule has 0 aliphatic heterocycles. The molecule has 2 heteroatoms. The zero-order valence-electron chi connectivity index (χ0n) is 22.7. The van der Waals surface area contributed by atoms with Crippen molar-refractivity contribution >= 4 is 0 Å². The molecule has 9 atom stereocenters. The first-order chi connectivity index (χ1) is 15.6. The Morgan fingerprint density at radius 2 is 1.76 bits per heavy atom. The van der Waals surface area contributed by atoms with Crippen molar-refractivity contribution in [3.8, 4) is 0 Å². The largest absolute Gasteiger partial charge is 0.393 e. The van der Waals surface area contributed by atoms with Gasteiger partial charge in [0.15, 0.2) is 0 Å². The van der Waals surface area contributed by atoms with Crippen molar-refractivity contribution < 1.29 is 10.2 Å². The van der Waals surface area contributed by atoms with Crippen LogP contribution < -0.4 is 0 Å². The Balaban J connectivity index is 1.68. The van der Waals surface area contributed by atoms with Gasteiger partial charge in [0.05, 0.1) is 12.2 Å². The van der Waals surface area contributed by atoms with Crippen molar-refractivity contribution in [1.82, 2.24) is 0 Å². The third-order valence-corrected chi connectivity index (χ3v) is 11.7. The van der Waals surface area contributed by atoms with Gasteiger partial charge in [0.2, 0.25) is 0 Å². The second-order valence-electron chi connectivity index (χ2n) is 13.8. The summed E-state index contributed by atoms with van der Waals surface area (Å²) in [7, 11) is 0. The van der Waals surface area contributed by atoms with Crippen LogP contribution in [0.5, 0.6) is 0 Å². The highest BCUT2D eigenvalue weighted by molar-refractivity contribution is 5.35. The fraction of sp³-hybridized carbons (Fsp3) is 0.935. The summed E-state index contributed by atoms with van der Waals surface area (Å²) in [6, 6.07) is 0. The van der Waals surface area contributed by atoms with Gasteiger partial charge in [-0.15, -0.1) is 0 Å². The lowest BCUT2D eigenvalue weighted by Gasteiger charge is -2.63. The van der Waals surface area contributed by atoms with Crippen LogP contribution in [0.1, 0.15) is 125 Å². The van der Waals surface area contributed by atoms with Gasteiger partial charge in [-0.05, 0) is 91.8 Å². The van der Waals surface area contributed by atoms with Crippen LogP contribution in [0, 0.1) is 45.8 Å². The van der Waals surface area contributed by atoms with E-state index in [0.717, 1.165) is 38.0 Å². The fourth-order valence-electron chi connectivity index (χ4n) is 9.72. The maximum absolute atomic E-state index is 12.0. The van der Waals surface area contributed by atoms with Crippen LogP contribution in [-0.2, 0) is 0 Å². The van der Waals surface area contributed by atoms with Gasteiger partial charge in [-0.2, -0.15) is 0 Å². The van der Waals surface area contributed by atoms with E-state index < -0.39 is 0 Å². The summed E-state index contributed by atoms with van der Waals surface area (Å²) in [5.74, 6) is 3.35. The Morgan fingerprint density at radius 3 is 2.45 bits per heavy atom.